The van der Waals surface area contributed by atoms with Crippen molar-refractivity contribution in [2.45, 2.75) is 27.3 Å². The third kappa shape index (κ3) is 4.27. The topological polar surface area (TPSA) is 30.5 Å². The Labute approximate surface area is 104 Å². The molecule has 0 fully saturated rings. The molecule has 0 aliphatic carbocycles. The van der Waals surface area contributed by atoms with Gasteiger partial charge in [0.15, 0.2) is 11.5 Å². The first-order chi connectivity index (χ1) is 8.19. The smallest absolute Gasteiger partial charge is 0.165 e. The van der Waals surface area contributed by atoms with Crippen molar-refractivity contribution in [2.75, 3.05) is 20.3 Å². The van der Waals surface area contributed by atoms with E-state index >= 15 is 0 Å². The van der Waals surface area contributed by atoms with Crippen LogP contribution in [-0.4, -0.2) is 20.3 Å². The lowest BCUT2D eigenvalue weighted by atomic mass is 10.1. The number of rotatable bonds is 7. The highest BCUT2D eigenvalue weighted by Gasteiger charge is 2.09. The van der Waals surface area contributed by atoms with E-state index in [-0.39, 0.29) is 0 Å². The third-order valence-corrected chi connectivity index (χ3v) is 2.43. The third-order valence-electron chi connectivity index (χ3n) is 2.43. The Morgan fingerprint density at radius 2 is 2.06 bits per heavy atom. The minimum absolute atomic E-state index is 0.649. The second-order valence-electron chi connectivity index (χ2n) is 4.41. The van der Waals surface area contributed by atoms with Crippen LogP contribution in [0.3, 0.4) is 0 Å². The summed E-state index contributed by atoms with van der Waals surface area (Å²) >= 11 is 0. The van der Waals surface area contributed by atoms with Crippen LogP contribution in [0, 0.1) is 5.92 Å². The molecule has 1 rings (SSSR count). The van der Waals surface area contributed by atoms with Gasteiger partial charge < -0.3 is 14.8 Å². The van der Waals surface area contributed by atoms with Crippen LogP contribution in [0.4, 0.5) is 0 Å². The van der Waals surface area contributed by atoms with Gasteiger partial charge in [-0.2, -0.15) is 0 Å². The molecule has 0 heterocycles. The highest BCUT2D eigenvalue weighted by Crippen LogP contribution is 2.30. The van der Waals surface area contributed by atoms with Gasteiger partial charge >= 0.3 is 0 Å². The summed E-state index contributed by atoms with van der Waals surface area (Å²) < 4.78 is 11.0. The normalized spacial score (nSPS) is 10.6. The zero-order valence-electron chi connectivity index (χ0n) is 11.2. The Hall–Kier alpha value is -1.22. The van der Waals surface area contributed by atoms with Gasteiger partial charge in [-0.3, -0.25) is 0 Å². The molecule has 1 N–H and O–H groups in total. The highest BCUT2D eigenvalue weighted by atomic mass is 16.5. The Morgan fingerprint density at radius 1 is 1.29 bits per heavy atom. The first-order valence-electron chi connectivity index (χ1n) is 6.18. The second kappa shape index (κ2) is 7.17. The van der Waals surface area contributed by atoms with E-state index in [1.807, 2.05) is 19.1 Å². The van der Waals surface area contributed by atoms with E-state index < -0.39 is 0 Å². The zero-order chi connectivity index (χ0) is 12.7. The summed E-state index contributed by atoms with van der Waals surface area (Å²) in [4.78, 5) is 0. The van der Waals surface area contributed by atoms with Crippen LogP contribution in [0.5, 0.6) is 11.5 Å². The quantitative estimate of drug-likeness (QED) is 0.791. The second-order valence-corrected chi connectivity index (χ2v) is 4.41. The van der Waals surface area contributed by atoms with E-state index in [9.17, 15) is 0 Å². The molecule has 0 radical (unpaired) electrons. The molecular formula is C14H23NO2. The number of methoxy groups -OCH3 is 1. The Balaban J connectivity index is 2.73. The van der Waals surface area contributed by atoms with Gasteiger partial charge in [0.25, 0.3) is 0 Å². The van der Waals surface area contributed by atoms with E-state index in [2.05, 4.69) is 25.2 Å². The predicted octanol–water partition coefficient (Wildman–Crippen LogP) is 2.84. The summed E-state index contributed by atoms with van der Waals surface area (Å²) in [6.45, 7) is 8.83. The molecule has 3 nitrogen and oxygen atoms in total. The van der Waals surface area contributed by atoms with Crippen LogP contribution >= 0.6 is 0 Å². The van der Waals surface area contributed by atoms with E-state index in [0.29, 0.717) is 12.5 Å². The molecule has 0 aliphatic heterocycles. The lowest BCUT2D eigenvalue weighted by Crippen LogP contribution is -2.19. The van der Waals surface area contributed by atoms with Crippen LogP contribution in [0.2, 0.25) is 0 Å². The van der Waals surface area contributed by atoms with Crippen molar-refractivity contribution in [3.05, 3.63) is 23.8 Å². The monoisotopic (exact) mass is 237 g/mol. The number of nitrogens with one attached hydrogen (secondary N) is 1. The molecule has 0 amide bonds. The Morgan fingerprint density at radius 3 is 2.65 bits per heavy atom. The summed E-state index contributed by atoms with van der Waals surface area (Å²) in [6.07, 6.45) is 0. The molecule has 0 bridgehead atoms. The molecule has 96 valence electrons. The fraction of sp³-hybridized carbons (Fsp3) is 0.571. The first-order valence-corrected chi connectivity index (χ1v) is 6.18. The average Bonchev–Trinajstić information content (AvgIpc) is 2.29. The summed E-state index contributed by atoms with van der Waals surface area (Å²) in [5, 5.41) is 3.41. The lowest BCUT2D eigenvalue weighted by molar-refractivity contribution is 0.308. The van der Waals surface area contributed by atoms with Crippen LogP contribution in [0.1, 0.15) is 26.3 Å². The molecule has 1 aromatic carbocycles. The number of hydrogen-bond acceptors (Lipinski definition) is 3. The van der Waals surface area contributed by atoms with E-state index in [0.717, 1.165) is 30.2 Å². The van der Waals surface area contributed by atoms with Gasteiger partial charge in [-0.1, -0.05) is 26.0 Å². The Bertz CT molecular complexity index is 337. The number of benzene rings is 1. The molecular weight excluding hydrogens is 214 g/mol. The van der Waals surface area contributed by atoms with Crippen molar-refractivity contribution in [3.63, 3.8) is 0 Å². The molecule has 0 spiro atoms. The maximum atomic E-state index is 5.54. The summed E-state index contributed by atoms with van der Waals surface area (Å²) in [6, 6.07) is 6.00. The fourth-order valence-corrected chi connectivity index (χ4v) is 1.70. The van der Waals surface area contributed by atoms with Gasteiger partial charge in [0.1, 0.15) is 0 Å². The first kappa shape index (κ1) is 13.8. The molecule has 3 heteroatoms. The maximum Gasteiger partial charge on any atom is 0.165 e. The summed E-state index contributed by atoms with van der Waals surface area (Å²) in [5.41, 5.74) is 1.14. The molecule has 0 aliphatic rings. The van der Waals surface area contributed by atoms with E-state index in [1.54, 1.807) is 7.11 Å². The van der Waals surface area contributed by atoms with Crippen molar-refractivity contribution >= 4 is 0 Å². The molecule has 0 unspecified atom stereocenters. The molecule has 0 saturated carbocycles. The number of ether oxygens (including phenoxy) is 2. The van der Waals surface area contributed by atoms with Gasteiger partial charge in [0.2, 0.25) is 0 Å². The number of para-hydroxylation sites is 1. The van der Waals surface area contributed by atoms with Gasteiger partial charge in [-0.05, 0) is 25.5 Å². The molecule has 0 aromatic heterocycles. The van der Waals surface area contributed by atoms with Crippen molar-refractivity contribution < 1.29 is 9.47 Å². The van der Waals surface area contributed by atoms with Crippen LogP contribution in [0.25, 0.3) is 0 Å². The van der Waals surface area contributed by atoms with Crippen molar-refractivity contribution in [1.29, 1.82) is 0 Å². The van der Waals surface area contributed by atoms with Crippen LogP contribution < -0.4 is 14.8 Å². The van der Waals surface area contributed by atoms with Crippen molar-refractivity contribution in [1.82, 2.24) is 5.32 Å². The highest BCUT2D eigenvalue weighted by molar-refractivity contribution is 5.46. The molecule has 0 saturated heterocycles. The van der Waals surface area contributed by atoms with Gasteiger partial charge in [0.05, 0.1) is 13.7 Å². The van der Waals surface area contributed by atoms with Crippen molar-refractivity contribution in [3.8, 4) is 11.5 Å². The van der Waals surface area contributed by atoms with Crippen molar-refractivity contribution in [2.24, 2.45) is 5.92 Å². The van der Waals surface area contributed by atoms with Crippen LogP contribution in [-0.2, 0) is 6.54 Å². The van der Waals surface area contributed by atoms with Gasteiger partial charge in [0, 0.05) is 12.1 Å². The summed E-state index contributed by atoms with van der Waals surface area (Å²) in [5.74, 6) is 2.31. The Kier molecular flexibility index (Phi) is 5.84. The van der Waals surface area contributed by atoms with Gasteiger partial charge in [-0.25, -0.2) is 0 Å². The predicted molar refractivity (Wildman–Crippen MR) is 70.7 cm³/mol. The fourth-order valence-electron chi connectivity index (χ4n) is 1.70. The minimum atomic E-state index is 0.649. The SMILES string of the molecule is CCOc1cccc(CNCC(C)C)c1OC. The van der Waals surface area contributed by atoms with E-state index in [4.69, 9.17) is 9.47 Å². The van der Waals surface area contributed by atoms with E-state index in [1.165, 1.54) is 0 Å². The minimum Gasteiger partial charge on any atom is -0.493 e. The summed E-state index contributed by atoms with van der Waals surface area (Å²) in [7, 11) is 1.68. The average molecular weight is 237 g/mol. The van der Waals surface area contributed by atoms with Crippen LogP contribution in [0.15, 0.2) is 18.2 Å². The molecule has 17 heavy (non-hydrogen) atoms. The standard InChI is InChI=1S/C14H23NO2/c1-5-17-13-8-6-7-12(14(13)16-4)10-15-9-11(2)3/h6-8,11,15H,5,9-10H2,1-4H3. The zero-order valence-corrected chi connectivity index (χ0v) is 11.2. The molecule has 1 aromatic rings. The van der Waals surface area contributed by atoms with Gasteiger partial charge in [-0.15, -0.1) is 0 Å². The maximum absolute atomic E-state index is 5.54. The largest absolute Gasteiger partial charge is 0.493 e. The lowest BCUT2D eigenvalue weighted by Gasteiger charge is -2.14. The molecule has 0 atom stereocenters. The number of hydrogen-bond donors (Lipinski definition) is 1.